The molecule has 0 heterocycles. The average Bonchev–Trinajstić information content (AvgIpc) is 2.50. The van der Waals surface area contributed by atoms with Gasteiger partial charge in [0.25, 0.3) is 0 Å². The average molecular weight is 591 g/mol. The Hall–Kier alpha value is -0.780. The van der Waals surface area contributed by atoms with Crippen LogP contribution in [0.15, 0.2) is 34.1 Å². The number of allylic oxidation sites excluding steroid dienone is 1. The Morgan fingerprint density at radius 2 is 1.50 bits per heavy atom. The molecule has 0 aromatic heterocycles. The second kappa shape index (κ2) is 10.3. The van der Waals surface area contributed by atoms with E-state index in [-0.39, 0.29) is 0 Å². The second-order valence-corrected chi connectivity index (χ2v) is 10.2. The van der Waals surface area contributed by atoms with Crippen LogP contribution in [0.25, 0.3) is 0 Å². The smallest absolute Gasteiger partial charge is 0.534 e. The molecule has 0 saturated carbocycles. The lowest BCUT2D eigenvalue weighted by atomic mass is 10.2. The van der Waals surface area contributed by atoms with Crippen LogP contribution < -0.4 is 21.2 Å². The first kappa shape index (κ1) is 27.2. The fourth-order valence-electron chi connectivity index (χ4n) is 0.988. The van der Waals surface area contributed by atoms with Gasteiger partial charge in [-0.2, -0.15) is 34.8 Å². The highest BCUT2D eigenvalue weighted by Crippen LogP contribution is 2.26. The van der Waals surface area contributed by atoms with E-state index in [4.69, 9.17) is 24.6 Å². The maximum atomic E-state index is 12.2. The van der Waals surface area contributed by atoms with Gasteiger partial charge >= 0.3 is 42.3 Å². The molecular formula is C12H10ClF6IO6S2. The van der Waals surface area contributed by atoms with E-state index in [1.54, 1.807) is 0 Å². The second-order valence-electron chi connectivity index (χ2n) is 4.50. The normalized spacial score (nSPS) is 13.5. The molecule has 6 nitrogen and oxygen atoms in total. The highest BCUT2D eigenvalue weighted by molar-refractivity contribution is 7.87. The summed E-state index contributed by atoms with van der Waals surface area (Å²) in [7, 11) is -11.7. The Morgan fingerprint density at radius 3 is 1.82 bits per heavy atom. The van der Waals surface area contributed by atoms with Gasteiger partial charge in [-0.3, -0.25) is 0 Å². The minimum Gasteiger partial charge on any atom is -0.741 e. The molecule has 0 unspecified atom stereocenters. The Balaban J connectivity index is 0.000000769. The first-order chi connectivity index (χ1) is 12.4. The number of hydrogen-bond donors (Lipinski definition) is 0. The van der Waals surface area contributed by atoms with Crippen molar-refractivity contribution in [2.75, 3.05) is 5.88 Å². The fourth-order valence-corrected chi connectivity index (χ4v) is 3.93. The van der Waals surface area contributed by atoms with E-state index in [0.717, 1.165) is 9.13 Å². The molecular weight excluding hydrogens is 581 g/mol. The number of rotatable bonds is 5. The summed E-state index contributed by atoms with van der Waals surface area (Å²) >= 11 is 4.58. The number of halogens is 8. The van der Waals surface area contributed by atoms with Gasteiger partial charge < -0.3 is 8.74 Å². The summed E-state index contributed by atoms with van der Waals surface area (Å²) in [6.45, 7) is 1.90. The molecule has 0 aliphatic heterocycles. The summed E-state index contributed by atoms with van der Waals surface area (Å²) in [5.41, 5.74) is -10.1. The van der Waals surface area contributed by atoms with Gasteiger partial charge in [-0.25, -0.2) is 8.42 Å². The van der Waals surface area contributed by atoms with Crippen molar-refractivity contribution in [2.45, 2.75) is 17.9 Å². The van der Waals surface area contributed by atoms with Crippen LogP contribution in [0, 0.1) is 10.5 Å². The van der Waals surface area contributed by atoms with Crippen LogP contribution in [0.5, 0.6) is 0 Å². The van der Waals surface area contributed by atoms with E-state index in [1.165, 1.54) is 4.08 Å². The van der Waals surface area contributed by atoms with Gasteiger partial charge in [-0.1, -0.05) is 17.7 Å². The Kier molecular flexibility index (Phi) is 10.0. The van der Waals surface area contributed by atoms with E-state index in [0.29, 0.717) is 0 Å². The molecule has 1 aromatic rings. The molecule has 0 bridgehead atoms. The summed E-state index contributed by atoms with van der Waals surface area (Å²) < 4.78 is 123. The quantitative estimate of drug-likeness (QED) is 0.0928. The molecule has 1 aromatic carbocycles. The van der Waals surface area contributed by atoms with Gasteiger partial charge in [0.05, 0.1) is 5.88 Å². The third kappa shape index (κ3) is 9.62. The van der Waals surface area contributed by atoms with Crippen LogP contribution in [0.4, 0.5) is 26.3 Å². The Morgan fingerprint density at radius 1 is 1.07 bits per heavy atom. The van der Waals surface area contributed by atoms with E-state index in [1.807, 2.05) is 31.2 Å². The van der Waals surface area contributed by atoms with Crippen LogP contribution in [0.2, 0.25) is 0 Å². The fraction of sp³-hybridized carbons (Fsp3) is 0.333. The molecule has 0 radical (unpaired) electrons. The highest BCUT2D eigenvalue weighted by Gasteiger charge is 2.49. The SMILES string of the molecule is Cc1ccc([I+]/C=C(\CCl)OS(=O)(=O)C(F)(F)F)cc1.O=S(=O)([O-])C(F)(F)F. The molecule has 0 aliphatic carbocycles. The molecule has 0 aliphatic rings. The molecule has 28 heavy (non-hydrogen) atoms. The number of alkyl halides is 7. The number of benzene rings is 1. The van der Waals surface area contributed by atoms with Crippen molar-refractivity contribution in [3.63, 3.8) is 0 Å². The van der Waals surface area contributed by atoms with E-state index >= 15 is 0 Å². The Bertz CT molecular complexity index is 879. The lowest BCUT2D eigenvalue weighted by Gasteiger charge is -2.08. The van der Waals surface area contributed by atoms with Crippen molar-refractivity contribution in [3.05, 3.63) is 43.2 Å². The number of hydrogen-bond acceptors (Lipinski definition) is 6. The van der Waals surface area contributed by atoms with Crippen LogP contribution in [0.1, 0.15) is 5.56 Å². The molecule has 162 valence electrons. The van der Waals surface area contributed by atoms with Crippen LogP contribution in [-0.2, 0) is 24.4 Å². The summed E-state index contributed by atoms with van der Waals surface area (Å²) in [5, 5.41) is 0. The van der Waals surface area contributed by atoms with Crippen molar-refractivity contribution in [2.24, 2.45) is 0 Å². The van der Waals surface area contributed by atoms with Gasteiger partial charge in [0.2, 0.25) is 0 Å². The van der Waals surface area contributed by atoms with E-state index in [9.17, 15) is 34.8 Å². The van der Waals surface area contributed by atoms with Crippen molar-refractivity contribution in [1.29, 1.82) is 0 Å². The van der Waals surface area contributed by atoms with Crippen LogP contribution >= 0.6 is 11.6 Å². The number of aryl methyl sites for hydroxylation is 1. The van der Waals surface area contributed by atoms with Gasteiger partial charge in [0, 0.05) is 0 Å². The predicted octanol–water partition coefficient (Wildman–Crippen LogP) is 0.251. The van der Waals surface area contributed by atoms with Gasteiger partial charge in [-0.15, -0.1) is 11.6 Å². The minimum absolute atomic E-state index is 0.405. The molecule has 0 spiro atoms. The lowest BCUT2D eigenvalue weighted by molar-refractivity contribution is -0.558. The molecule has 0 amide bonds. The summed E-state index contributed by atoms with van der Waals surface area (Å²) in [6.07, 6.45) is 0. The maximum Gasteiger partial charge on any atom is 0.534 e. The first-order valence-electron chi connectivity index (χ1n) is 6.38. The Labute approximate surface area is 171 Å². The van der Waals surface area contributed by atoms with Gasteiger partial charge in [0.1, 0.15) is 0 Å². The van der Waals surface area contributed by atoms with E-state index in [2.05, 4.69) is 4.18 Å². The highest BCUT2D eigenvalue weighted by atomic mass is 127. The standard InChI is InChI=1S/C11H10ClF3IO3S.CHF3O3S/c1-8-2-4-9(5-3-8)16-7-10(6-12)19-20(17,18)11(13,14)15;2-1(3,4)8(5,6)7/h2-5,7H,6H2,1H3;(H,5,6,7)/q+1;/p-1/b10-7+;. The van der Waals surface area contributed by atoms with Gasteiger partial charge in [-0.05, 0) is 19.1 Å². The molecule has 0 saturated heterocycles. The summed E-state index contributed by atoms with van der Waals surface area (Å²) in [4.78, 5) is 0. The largest absolute Gasteiger partial charge is 0.741 e. The first-order valence-corrected chi connectivity index (χ1v) is 12.1. The van der Waals surface area contributed by atoms with Gasteiger partial charge in [0.15, 0.2) is 23.5 Å². The zero-order valence-corrected chi connectivity index (χ0v) is 17.9. The van der Waals surface area contributed by atoms with Crippen LogP contribution in [0.3, 0.4) is 0 Å². The third-order valence-corrected chi connectivity index (χ3v) is 6.50. The lowest BCUT2D eigenvalue weighted by Crippen LogP contribution is -3.59. The predicted molar refractivity (Wildman–Crippen MR) is 80.5 cm³/mol. The van der Waals surface area contributed by atoms with Crippen molar-refractivity contribution in [3.8, 4) is 0 Å². The maximum absolute atomic E-state index is 12.2. The monoisotopic (exact) mass is 590 g/mol. The third-order valence-electron chi connectivity index (χ3n) is 2.23. The molecule has 1 rings (SSSR count). The summed E-state index contributed by atoms with van der Waals surface area (Å²) in [6, 6.07) is 7.36. The topological polar surface area (TPSA) is 101 Å². The summed E-state index contributed by atoms with van der Waals surface area (Å²) in [5.74, 6) is -0.849. The minimum atomic E-state index is -6.09. The molecule has 0 N–H and O–H groups in total. The van der Waals surface area contributed by atoms with Crippen molar-refractivity contribution in [1.82, 2.24) is 0 Å². The molecule has 16 heteroatoms. The van der Waals surface area contributed by atoms with Crippen LogP contribution in [-0.4, -0.2) is 38.3 Å². The molecule has 0 fully saturated rings. The van der Waals surface area contributed by atoms with E-state index < -0.39 is 64.1 Å². The zero-order chi connectivity index (χ0) is 22.4. The molecule has 0 atom stereocenters. The van der Waals surface area contributed by atoms with Crippen molar-refractivity contribution < 1.29 is 73.1 Å². The van der Waals surface area contributed by atoms with Crippen molar-refractivity contribution >= 4 is 31.8 Å². The zero-order valence-electron chi connectivity index (χ0n) is 13.4.